The Morgan fingerprint density at radius 3 is 2.25 bits per heavy atom. The van der Waals surface area contributed by atoms with E-state index in [9.17, 15) is 9.18 Å². The van der Waals surface area contributed by atoms with Gasteiger partial charge in [-0.05, 0) is 29.8 Å². The fraction of sp³-hybridized carbons (Fsp3) is 0.235. The maximum Gasteiger partial charge on any atom is 0.251 e. The van der Waals surface area contributed by atoms with E-state index < -0.39 is 0 Å². The van der Waals surface area contributed by atoms with Gasteiger partial charge in [0.2, 0.25) is 0 Å². The van der Waals surface area contributed by atoms with Crippen molar-refractivity contribution < 1.29 is 9.18 Å². The molecule has 2 nitrogen and oxygen atoms in total. The third-order valence-corrected chi connectivity index (χ3v) is 3.35. The number of nitrogens with one attached hydrogen (secondary N) is 1. The zero-order chi connectivity index (χ0) is 14.6. The van der Waals surface area contributed by atoms with E-state index in [1.807, 2.05) is 30.3 Å². The van der Waals surface area contributed by atoms with Crippen LogP contribution in [0.4, 0.5) is 4.39 Å². The van der Waals surface area contributed by atoms with E-state index in [1.54, 1.807) is 0 Å². The van der Waals surface area contributed by atoms with Crippen LogP contribution in [-0.4, -0.2) is 12.5 Å². The Morgan fingerprint density at radius 1 is 1.05 bits per heavy atom. The molecular formula is C17H18FNO. The second-order valence-electron chi connectivity index (χ2n) is 5.44. The van der Waals surface area contributed by atoms with Crippen LogP contribution >= 0.6 is 0 Å². The molecule has 2 rings (SSSR count). The van der Waals surface area contributed by atoms with Gasteiger partial charge in [0.15, 0.2) is 0 Å². The van der Waals surface area contributed by atoms with E-state index >= 15 is 0 Å². The minimum atomic E-state index is -0.342. The topological polar surface area (TPSA) is 29.1 Å². The number of hydrogen-bond donors (Lipinski definition) is 1. The van der Waals surface area contributed by atoms with E-state index in [2.05, 4.69) is 19.2 Å². The van der Waals surface area contributed by atoms with Crippen LogP contribution in [0.5, 0.6) is 0 Å². The first-order chi connectivity index (χ1) is 9.49. The molecule has 0 atom stereocenters. The third-order valence-electron chi connectivity index (χ3n) is 3.35. The summed E-state index contributed by atoms with van der Waals surface area (Å²) in [5, 5.41) is 2.90. The molecule has 0 saturated heterocycles. The molecular weight excluding hydrogens is 253 g/mol. The fourth-order valence-corrected chi connectivity index (χ4v) is 2.00. The molecule has 0 fully saturated rings. The molecule has 0 aliphatic carbocycles. The molecule has 2 aromatic carbocycles. The molecule has 0 bridgehead atoms. The van der Waals surface area contributed by atoms with Crippen LogP contribution in [0.25, 0.3) is 0 Å². The van der Waals surface area contributed by atoms with Crippen molar-refractivity contribution in [3.63, 3.8) is 0 Å². The summed E-state index contributed by atoms with van der Waals surface area (Å²) in [5.41, 5.74) is 1.48. The quantitative estimate of drug-likeness (QED) is 0.905. The van der Waals surface area contributed by atoms with Crippen molar-refractivity contribution in [3.8, 4) is 0 Å². The van der Waals surface area contributed by atoms with Crippen LogP contribution in [0.2, 0.25) is 0 Å². The van der Waals surface area contributed by atoms with Gasteiger partial charge in [0.1, 0.15) is 5.82 Å². The Morgan fingerprint density at radius 2 is 1.65 bits per heavy atom. The molecule has 1 amide bonds. The molecule has 3 heteroatoms. The molecule has 2 aromatic rings. The van der Waals surface area contributed by atoms with Gasteiger partial charge in [-0.2, -0.15) is 0 Å². The number of halogens is 1. The van der Waals surface area contributed by atoms with Gasteiger partial charge in [-0.25, -0.2) is 4.39 Å². The highest BCUT2D eigenvalue weighted by atomic mass is 19.1. The highest BCUT2D eigenvalue weighted by Gasteiger charge is 2.21. The first-order valence-corrected chi connectivity index (χ1v) is 6.58. The lowest BCUT2D eigenvalue weighted by Crippen LogP contribution is -2.36. The van der Waals surface area contributed by atoms with Gasteiger partial charge in [0.25, 0.3) is 5.91 Å². The SMILES string of the molecule is CC(C)(CNC(=O)c1ccc(F)cc1)c1ccccc1. The molecule has 0 saturated carbocycles. The largest absolute Gasteiger partial charge is 0.351 e. The Kier molecular flexibility index (Phi) is 4.18. The molecule has 0 spiro atoms. The number of amides is 1. The van der Waals surface area contributed by atoms with Gasteiger partial charge < -0.3 is 5.32 Å². The average Bonchev–Trinajstić information content (AvgIpc) is 2.46. The van der Waals surface area contributed by atoms with Crippen molar-refractivity contribution >= 4 is 5.91 Å². The summed E-state index contributed by atoms with van der Waals surface area (Å²) in [6.45, 7) is 4.67. The van der Waals surface area contributed by atoms with Crippen molar-refractivity contribution in [3.05, 3.63) is 71.5 Å². The van der Waals surface area contributed by atoms with E-state index in [-0.39, 0.29) is 17.1 Å². The highest BCUT2D eigenvalue weighted by Crippen LogP contribution is 2.21. The van der Waals surface area contributed by atoms with Gasteiger partial charge in [0.05, 0.1) is 0 Å². The lowest BCUT2D eigenvalue weighted by atomic mass is 9.84. The van der Waals surface area contributed by atoms with E-state index in [0.29, 0.717) is 12.1 Å². The standard InChI is InChI=1S/C17H18FNO/c1-17(2,14-6-4-3-5-7-14)12-19-16(20)13-8-10-15(18)11-9-13/h3-11H,12H2,1-2H3,(H,19,20). The zero-order valence-electron chi connectivity index (χ0n) is 11.7. The Balaban J connectivity index is 2.01. The molecule has 20 heavy (non-hydrogen) atoms. The van der Waals surface area contributed by atoms with Crippen molar-refractivity contribution in [2.24, 2.45) is 0 Å². The number of hydrogen-bond acceptors (Lipinski definition) is 1. The Labute approximate surface area is 118 Å². The van der Waals surface area contributed by atoms with Crippen LogP contribution in [0.15, 0.2) is 54.6 Å². The van der Waals surface area contributed by atoms with Crippen LogP contribution in [0.1, 0.15) is 29.8 Å². The minimum Gasteiger partial charge on any atom is -0.351 e. The molecule has 1 N–H and O–H groups in total. The summed E-state index contributed by atoms with van der Waals surface area (Å²) in [6, 6.07) is 15.6. The molecule has 0 radical (unpaired) electrons. The maximum absolute atomic E-state index is 12.8. The van der Waals surface area contributed by atoms with Crippen molar-refractivity contribution in [1.29, 1.82) is 0 Å². The summed E-state index contributed by atoms with van der Waals surface area (Å²) in [4.78, 5) is 12.0. The minimum absolute atomic E-state index is 0.156. The fourth-order valence-electron chi connectivity index (χ4n) is 2.00. The Bertz CT molecular complexity index is 576. The van der Waals surface area contributed by atoms with Crippen molar-refractivity contribution in [2.45, 2.75) is 19.3 Å². The van der Waals surface area contributed by atoms with Gasteiger partial charge in [-0.1, -0.05) is 44.2 Å². The first-order valence-electron chi connectivity index (χ1n) is 6.58. The van der Waals surface area contributed by atoms with Gasteiger partial charge >= 0.3 is 0 Å². The monoisotopic (exact) mass is 271 g/mol. The van der Waals surface area contributed by atoms with Gasteiger partial charge in [-0.15, -0.1) is 0 Å². The maximum atomic E-state index is 12.8. The van der Waals surface area contributed by atoms with Crippen molar-refractivity contribution in [2.75, 3.05) is 6.54 Å². The number of carbonyl (C=O) groups is 1. The lowest BCUT2D eigenvalue weighted by molar-refractivity contribution is 0.0945. The lowest BCUT2D eigenvalue weighted by Gasteiger charge is -2.25. The number of benzene rings is 2. The Hall–Kier alpha value is -2.16. The second kappa shape index (κ2) is 5.87. The van der Waals surface area contributed by atoms with Crippen LogP contribution in [0, 0.1) is 5.82 Å². The second-order valence-corrected chi connectivity index (χ2v) is 5.44. The molecule has 0 aliphatic heterocycles. The highest BCUT2D eigenvalue weighted by molar-refractivity contribution is 5.94. The molecule has 0 aliphatic rings. The van der Waals surface area contributed by atoms with E-state index in [4.69, 9.17) is 0 Å². The summed E-state index contributed by atoms with van der Waals surface area (Å²) in [5.74, 6) is -0.528. The summed E-state index contributed by atoms with van der Waals surface area (Å²) in [7, 11) is 0. The van der Waals surface area contributed by atoms with Gasteiger partial charge in [-0.3, -0.25) is 4.79 Å². The van der Waals surface area contributed by atoms with Crippen LogP contribution in [0.3, 0.4) is 0 Å². The smallest absolute Gasteiger partial charge is 0.251 e. The predicted molar refractivity (Wildman–Crippen MR) is 78.2 cm³/mol. The average molecular weight is 271 g/mol. The third kappa shape index (κ3) is 3.44. The summed E-state index contributed by atoms with van der Waals surface area (Å²) in [6.07, 6.45) is 0. The summed E-state index contributed by atoms with van der Waals surface area (Å²) < 4.78 is 12.8. The molecule has 0 unspecified atom stereocenters. The van der Waals surface area contributed by atoms with E-state index in [0.717, 1.165) is 0 Å². The van der Waals surface area contributed by atoms with Crippen LogP contribution in [-0.2, 0) is 5.41 Å². The summed E-state index contributed by atoms with van der Waals surface area (Å²) >= 11 is 0. The number of rotatable bonds is 4. The van der Waals surface area contributed by atoms with Crippen molar-refractivity contribution in [1.82, 2.24) is 5.32 Å². The number of carbonyl (C=O) groups excluding carboxylic acids is 1. The first kappa shape index (κ1) is 14.3. The zero-order valence-corrected chi connectivity index (χ0v) is 11.7. The van der Waals surface area contributed by atoms with Gasteiger partial charge in [0, 0.05) is 17.5 Å². The van der Waals surface area contributed by atoms with Crippen LogP contribution < -0.4 is 5.32 Å². The van der Waals surface area contributed by atoms with E-state index in [1.165, 1.54) is 29.8 Å². The normalized spacial score (nSPS) is 11.2. The molecule has 0 aromatic heterocycles. The molecule has 104 valence electrons. The molecule has 0 heterocycles. The predicted octanol–water partition coefficient (Wildman–Crippen LogP) is 3.53.